The highest BCUT2D eigenvalue weighted by Gasteiger charge is 2.16. The van der Waals surface area contributed by atoms with E-state index < -0.39 is 0 Å². The van der Waals surface area contributed by atoms with Gasteiger partial charge in [0.15, 0.2) is 0 Å². The predicted molar refractivity (Wildman–Crippen MR) is 32.7 cm³/mol. The largest absolute Gasteiger partial charge is 0.381 e. The first-order valence-corrected chi connectivity index (χ1v) is 3.15. The lowest BCUT2D eigenvalue weighted by atomic mass is 10.1. The van der Waals surface area contributed by atoms with E-state index in [1.54, 1.807) is 0 Å². The second-order valence-electron chi connectivity index (χ2n) is 2.40. The molecule has 0 aromatic heterocycles. The monoisotopic (exact) mass is 129 g/mol. The standard InChI is InChI=1S/C6H11NO2/c7-6(8)3-5-1-2-9-4-5/h5H,1-4H2,(H2,7,8)/t5-/m1/s1. The van der Waals surface area contributed by atoms with Crippen molar-refractivity contribution in [2.24, 2.45) is 11.7 Å². The predicted octanol–water partition coefficient (Wildman–Crippen LogP) is -0.102. The van der Waals surface area contributed by atoms with Crippen LogP contribution in [0.3, 0.4) is 0 Å². The zero-order valence-electron chi connectivity index (χ0n) is 5.30. The van der Waals surface area contributed by atoms with Crippen LogP contribution in [-0.4, -0.2) is 19.1 Å². The van der Waals surface area contributed by atoms with E-state index in [-0.39, 0.29) is 5.91 Å². The number of hydrogen-bond acceptors (Lipinski definition) is 2. The smallest absolute Gasteiger partial charge is 0.217 e. The molecule has 1 heterocycles. The summed E-state index contributed by atoms with van der Waals surface area (Å²) in [5.74, 6) is 0.174. The van der Waals surface area contributed by atoms with Gasteiger partial charge in [0.1, 0.15) is 0 Å². The molecule has 1 amide bonds. The molecule has 0 aromatic carbocycles. The first-order chi connectivity index (χ1) is 4.29. The summed E-state index contributed by atoms with van der Waals surface area (Å²) in [5, 5.41) is 0. The van der Waals surface area contributed by atoms with Crippen LogP contribution in [0.15, 0.2) is 0 Å². The molecule has 9 heavy (non-hydrogen) atoms. The fraction of sp³-hybridized carbons (Fsp3) is 0.833. The molecule has 1 atom stereocenters. The van der Waals surface area contributed by atoms with Crippen LogP contribution >= 0.6 is 0 Å². The van der Waals surface area contributed by atoms with Gasteiger partial charge in [-0.25, -0.2) is 0 Å². The van der Waals surface area contributed by atoms with E-state index in [2.05, 4.69) is 0 Å². The molecule has 0 unspecified atom stereocenters. The number of rotatable bonds is 2. The van der Waals surface area contributed by atoms with Crippen molar-refractivity contribution in [3.8, 4) is 0 Å². The summed E-state index contributed by atoms with van der Waals surface area (Å²) in [4.78, 5) is 10.3. The molecule has 3 nitrogen and oxygen atoms in total. The van der Waals surface area contributed by atoms with Gasteiger partial charge >= 0.3 is 0 Å². The molecule has 1 rings (SSSR count). The maximum absolute atomic E-state index is 10.3. The highest BCUT2D eigenvalue weighted by atomic mass is 16.5. The molecule has 3 heteroatoms. The molecule has 0 saturated carbocycles. The van der Waals surface area contributed by atoms with Crippen LogP contribution in [0, 0.1) is 5.92 Å². The van der Waals surface area contributed by atoms with Crippen LogP contribution in [0.25, 0.3) is 0 Å². The molecular weight excluding hydrogens is 118 g/mol. The maximum Gasteiger partial charge on any atom is 0.217 e. The molecular formula is C6H11NO2. The van der Waals surface area contributed by atoms with E-state index in [0.29, 0.717) is 18.9 Å². The number of nitrogens with two attached hydrogens (primary N) is 1. The minimum Gasteiger partial charge on any atom is -0.381 e. The van der Waals surface area contributed by atoms with Crippen LogP contribution in [-0.2, 0) is 9.53 Å². The number of primary amides is 1. The number of hydrogen-bond donors (Lipinski definition) is 1. The lowest BCUT2D eigenvalue weighted by Crippen LogP contribution is -2.16. The van der Waals surface area contributed by atoms with Gasteiger partial charge in [-0.3, -0.25) is 4.79 Å². The minimum absolute atomic E-state index is 0.217. The summed E-state index contributed by atoms with van der Waals surface area (Å²) < 4.78 is 5.05. The Morgan fingerprint density at radius 1 is 1.78 bits per heavy atom. The Kier molecular flexibility index (Phi) is 2.05. The highest BCUT2D eigenvalue weighted by Crippen LogP contribution is 2.14. The summed E-state index contributed by atoms with van der Waals surface area (Å²) in [7, 11) is 0. The van der Waals surface area contributed by atoms with Crippen molar-refractivity contribution in [3.63, 3.8) is 0 Å². The second-order valence-corrected chi connectivity index (χ2v) is 2.40. The van der Waals surface area contributed by atoms with Gasteiger partial charge in [-0.1, -0.05) is 0 Å². The average Bonchev–Trinajstić information content (AvgIpc) is 2.15. The van der Waals surface area contributed by atoms with E-state index >= 15 is 0 Å². The van der Waals surface area contributed by atoms with Gasteiger partial charge in [-0.15, -0.1) is 0 Å². The third kappa shape index (κ3) is 2.01. The Balaban J connectivity index is 2.19. The number of carbonyl (C=O) groups excluding carboxylic acids is 1. The molecule has 0 radical (unpaired) electrons. The van der Waals surface area contributed by atoms with Crippen molar-refractivity contribution >= 4 is 5.91 Å². The summed E-state index contributed by atoms with van der Waals surface area (Å²) in [6, 6.07) is 0. The third-order valence-electron chi connectivity index (χ3n) is 1.51. The number of amides is 1. The normalized spacial score (nSPS) is 26.4. The molecule has 52 valence electrons. The average molecular weight is 129 g/mol. The van der Waals surface area contributed by atoms with Gasteiger partial charge in [-0.05, 0) is 12.3 Å². The molecule has 1 fully saturated rings. The Morgan fingerprint density at radius 2 is 2.56 bits per heavy atom. The van der Waals surface area contributed by atoms with E-state index in [1.807, 2.05) is 0 Å². The number of carbonyl (C=O) groups is 1. The van der Waals surface area contributed by atoms with Crippen molar-refractivity contribution in [3.05, 3.63) is 0 Å². The van der Waals surface area contributed by atoms with Crippen LogP contribution < -0.4 is 5.73 Å². The summed E-state index contributed by atoms with van der Waals surface area (Å²) in [5.41, 5.74) is 4.98. The van der Waals surface area contributed by atoms with Crippen molar-refractivity contribution in [2.45, 2.75) is 12.8 Å². The van der Waals surface area contributed by atoms with Gasteiger partial charge in [0.05, 0.1) is 0 Å². The lowest BCUT2D eigenvalue weighted by Gasteiger charge is -2.00. The van der Waals surface area contributed by atoms with Crippen molar-refractivity contribution in [2.75, 3.05) is 13.2 Å². The first-order valence-electron chi connectivity index (χ1n) is 3.15. The minimum atomic E-state index is -0.217. The molecule has 0 spiro atoms. The van der Waals surface area contributed by atoms with Gasteiger partial charge in [0.2, 0.25) is 5.91 Å². The lowest BCUT2D eigenvalue weighted by molar-refractivity contribution is -0.118. The third-order valence-corrected chi connectivity index (χ3v) is 1.51. The zero-order chi connectivity index (χ0) is 6.69. The first kappa shape index (κ1) is 6.55. The van der Waals surface area contributed by atoms with Gasteiger partial charge in [0, 0.05) is 19.6 Å². The summed E-state index contributed by atoms with van der Waals surface area (Å²) in [6.07, 6.45) is 1.48. The van der Waals surface area contributed by atoms with E-state index in [1.165, 1.54) is 0 Å². The Morgan fingerprint density at radius 3 is 3.00 bits per heavy atom. The van der Waals surface area contributed by atoms with Gasteiger partial charge < -0.3 is 10.5 Å². The van der Waals surface area contributed by atoms with E-state index in [0.717, 1.165) is 13.0 Å². The Bertz CT molecular complexity index is 108. The molecule has 0 bridgehead atoms. The zero-order valence-corrected chi connectivity index (χ0v) is 5.30. The molecule has 0 aliphatic carbocycles. The van der Waals surface area contributed by atoms with Crippen molar-refractivity contribution in [1.82, 2.24) is 0 Å². The number of ether oxygens (including phenoxy) is 1. The molecule has 2 N–H and O–H groups in total. The Hall–Kier alpha value is -0.570. The topological polar surface area (TPSA) is 52.3 Å². The molecule has 1 aliphatic rings. The highest BCUT2D eigenvalue weighted by molar-refractivity contribution is 5.74. The van der Waals surface area contributed by atoms with Crippen LogP contribution in [0.2, 0.25) is 0 Å². The maximum atomic E-state index is 10.3. The molecule has 0 aromatic rings. The SMILES string of the molecule is NC(=O)C[C@H]1CCOC1. The fourth-order valence-electron chi connectivity index (χ4n) is 1.03. The molecule has 1 saturated heterocycles. The van der Waals surface area contributed by atoms with Crippen molar-refractivity contribution < 1.29 is 9.53 Å². The van der Waals surface area contributed by atoms with E-state index in [4.69, 9.17) is 10.5 Å². The summed E-state index contributed by atoms with van der Waals surface area (Å²) >= 11 is 0. The van der Waals surface area contributed by atoms with Gasteiger partial charge in [0.25, 0.3) is 0 Å². The quantitative estimate of drug-likeness (QED) is 0.566. The van der Waals surface area contributed by atoms with Crippen molar-refractivity contribution in [1.29, 1.82) is 0 Å². The summed E-state index contributed by atoms with van der Waals surface area (Å²) in [6.45, 7) is 1.50. The van der Waals surface area contributed by atoms with Crippen LogP contribution in [0.4, 0.5) is 0 Å². The van der Waals surface area contributed by atoms with Crippen LogP contribution in [0.5, 0.6) is 0 Å². The molecule has 1 aliphatic heterocycles. The Labute approximate surface area is 54.2 Å². The fourth-order valence-corrected chi connectivity index (χ4v) is 1.03. The second kappa shape index (κ2) is 2.82. The van der Waals surface area contributed by atoms with Gasteiger partial charge in [-0.2, -0.15) is 0 Å². The van der Waals surface area contributed by atoms with E-state index in [9.17, 15) is 4.79 Å². The van der Waals surface area contributed by atoms with Crippen LogP contribution in [0.1, 0.15) is 12.8 Å².